The van der Waals surface area contributed by atoms with Crippen LogP contribution in [-0.2, 0) is 4.74 Å². The second-order valence-corrected chi connectivity index (χ2v) is 5.46. The number of hydrogen-bond donors (Lipinski definition) is 1. The number of nitrogens with zero attached hydrogens (tertiary/aromatic N) is 1. The predicted octanol–water partition coefficient (Wildman–Crippen LogP) is 4.09. The highest BCUT2D eigenvalue weighted by atomic mass is 79.9. The van der Waals surface area contributed by atoms with Crippen LogP contribution in [0.2, 0.25) is 5.02 Å². The molecule has 7 heteroatoms. The van der Waals surface area contributed by atoms with Crippen LogP contribution in [0.25, 0.3) is 0 Å². The highest BCUT2D eigenvalue weighted by Gasteiger charge is 2.11. The van der Waals surface area contributed by atoms with Gasteiger partial charge in [0.15, 0.2) is 10.8 Å². The molecule has 0 radical (unpaired) electrons. The molecule has 0 spiro atoms. The first-order valence-corrected chi connectivity index (χ1v) is 6.91. The Bertz CT molecular complexity index is 588. The van der Waals surface area contributed by atoms with E-state index < -0.39 is 5.97 Å². The summed E-state index contributed by atoms with van der Waals surface area (Å²) in [5, 5.41) is 5.82. The Morgan fingerprint density at radius 2 is 2.33 bits per heavy atom. The highest BCUT2D eigenvalue weighted by Crippen LogP contribution is 2.29. The lowest BCUT2D eigenvalue weighted by Gasteiger charge is -2.05. The zero-order chi connectivity index (χ0) is 13.1. The van der Waals surface area contributed by atoms with Crippen LogP contribution >= 0.6 is 38.9 Å². The zero-order valence-corrected chi connectivity index (χ0v) is 12.4. The number of carbonyl (C=O) groups excluding carboxylic acids is 1. The van der Waals surface area contributed by atoms with E-state index in [0.29, 0.717) is 10.2 Å². The molecular weight excluding hydrogens is 340 g/mol. The van der Waals surface area contributed by atoms with Gasteiger partial charge in [-0.25, -0.2) is 9.78 Å². The number of ether oxygens (including phenoxy) is 1. The average molecular weight is 348 g/mol. The maximum atomic E-state index is 11.3. The minimum atomic E-state index is -0.457. The SMILES string of the molecule is COC(=O)c1csc(Nc2ccc(Br)cc2Cl)n1. The molecule has 2 rings (SSSR count). The van der Waals surface area contributed by atoms with Crippen LogP contribution in [0.5, 0.6) is 0 Å². The third-order valence-corrected chi connectivity index (χ3v) is 3.64. The van der Waals surface area contributed by atoms with E-state index in [2.05, 4.69) is 31.0 Å². The third-order valence-electron chi connectivity index (χ3n) is 2.07. The molecule has 0 unspecified atom stereocenters. The van der Waals surface area contributed by atoms with Gasteiger partial charge in [-0.05, 0) is 18.2 Å². The number of rotatable bonds is 3. The molecule has 2 aromatic rings. The molecule has 0 aliphatic carbocycles. The molecule has 1 N–H and O–H groups in total. The van der Waals surface area contributed by atoms with E-state index in [0.717, 1.165) is 10.2 Å². The first kappa shape index (κ1) is 13.3. The van der Waals surface area contributed by atoms with E-state index in [-0.39, 0.29) is 5.69 Å². The van der Waals surface area contributed by atoms with Crippen molar-refractivity contribution in [3.05, 3.63) is 38.8 Å². The predicted molar refractivity (Wildman–Crippen MR) is 75.9 cm³/mol. The molecule has 0 amide bonds. The number of hydrogen-bond acceptors (Lipinski definition) is 5. The molecule has 0 aliphatic heterocycles. The summed E-state index contributed by atoms with van der Waals surface area (Å²) >= 11 is 10.7. The summed E-state index contributed by atoms with van der Waals surface area (Å²) < 4.78 is 5.48. The van der Waals surface area contributed by atoms with E-state index in [1.54, 1.807) is 11.4 Å². The monoisotopic (exact) mass is 346 g/mol. The third kappa shape index (κ3) is 3.01. The number of benzene rings is 1. The largest absolute Gasteiger partial charge is 0.464 e. The van der Waals surface area contributed by atoms with Gasteiger partial charge in [0.1, 0.15) is 0 Å². The van der Waals surface area contributed by atoms with Gasteiger partial charge in [0.25, 0.3) is 0 Å². The van der Waals surface area contributed by atoms with Crippen molar-refractivity contribution in [3.63, 3.8) is 0 Å². The van der Waals surface area contributed by atoms with Gasteiger partial charge in [-0.15, -0.1) is 11.3 Å². The molecule has 1 aromatic carbocycles. The number of aromatic nitrogens is 1. The topological polar surface area (TPSA) is 51.2 Å². The Hall–Kier alpha value is -1.11. The van der Waals surface area contributed by atoms with Crippen molar-refractivity contribution in [2.24, 2.45) is 0 Å². The lowest BCUT2D eigenvalue weighted by atomic mass is 10.3. The van der Waals surface area contributed by atoms with E-state index in [9.17, 15) is 4.79 Å². The molecule has 0 bridgehead atoms. The number of carbonyl (C=O) groups is 1. The van der Waals surface area contributed by atoms with Crippen molar-refractivity contribution >= 4 is 55.7 Å². The Kier molecular flexibility index (Phi) is 4.21. The van der Waals surface area contributed by atoms with Gasteiger partial charge in [-0.1, -0.05) is 27.5 Å². The van der Waals surface area contributed by atoms with Crippen molar-refractivity contribution in [1.29, 1.82) is 0 Å². The summed E-state index contributed by atoms with van der Waals surface area (Å²) in [6.45, 7) is 0. The van der Waals surface area contributed by atoms with Gasteiger partial charge in [0.05, 0.1) is 17.8 Å². The summed E-state index contributed by atoms with van der Waals surface area (Å²) in [7, 11) is 1.32. The van der Waals surface area contributed by atoms with Crippen LogP contribution in [0.4, 0.5) is 10.8 Å². The van der Waals surface area contributed by atoms with Crippen molar-refractivity contribution in [2.75, 3.05) is 12.4 Å². The van der Waals surface area contributed by atoms with Crippen molar-refractivity contribution < 1.29 is 9.53 Å². The molecule has 0 fully saturated rings. The lowest BCUT2D eigenvalue weighted by Crippen LogP contribution is -2.01. The van der Waals surface area contributed by atoms with Crippen LogP contribution in [0.1, 0.15) is 10.5 Å². The summed E-state index contributed by atoms with van der Waals surface area (Å²) in [4.78, 5) is 15.4. The maximum absolute atomic E-state index is 11.3. The molecule has 1 aromatic heterocycles. The van der Waals surface area contributed by atoms with Gasteiger partial charge in [-0.3, -0.25) is 0 Å². The van der Waals surface area contributed by atoms with E-state index in [1.807, 2.05) is 12.1 Å². The first-order chi connectivity index (χ1) is 8.60. The number of methoxy groups -OCH3 is 1. The van der Waals surface area contributed by atoms with Gasteiger partial charge in [0.2, 0.25) is 0 Å². The number of halogens is 2. The number of nitrogens with one attached hydrogen (secondary N) is 1. The minimum Gasteiger partial charge on any atom is -0.464 e. The molecule has 94 valence electrons. The molecule has 0 atom stereocenters. The first-order valence-electron chi connectivity index (χ1n) is 4.86. The quantitative estimate of drug-likeness (QED) is 0.850. The van der Waals surface area contributed by atoms with Gasteiger partial charge in [-0.2, -0.15) is 0 Å². The van der Waals surface area contributed by atoms with Crippen LogP contribution in [0.15, 0.2) is 28.1 Å². The number of esters is 1. The molecule has 0 saturated carbocycles. The highest BCUT2D eigenvalue weighted by molar-refractivity contribution is 9.10. The fourth-order valence-corrected chi connectivity index (χ4v) is 2.65. The summed E-state index contributed by atoms with van der Waals surface area (Å²) in [6.07, 6.45) is 0. The van der Waals surface area contributed by atoms with Crippen LogP contribution in [-0.4, -0.2) is 18.1 Å². The van der Waals surface area contributed by atoms with Gasteiger partial charge >= 0.3 is 5.97 Å². The average Bonchev–Trinajstić information content (AvgIpc) is 2.80. The Morgan fingerprint density at radius 3 is 3.00 bits per heavy atom. The van der Waals surface area contributed by atoms with Crippen LogP contribution in [0.3, 0.4) is 0 Å². The molecule has 0 saturated heterocycles. The Morgan fingerprint density at radius 1 is 1.56 bits per heavy atom. The number of thiazole rings is 1. The Balaban J connectivity index is 2.18. The van der Waals surface area contributed by atoms with Gasteiger partial charge in [0, 0.05) is 9.85 Å². The van der Waals surface area contributed by atoms with E-state index in [1.165, 1.54) is 18.4 Å². The van der Waals surface area contributed by atoms with E-state index >= 15 is 0 Å². The molecule has 4 nitrogen and oxygen atoms in total. The van der Waals surface area contributed by atoms with Crippen molar-refractivity contribution in [1.82, 2.24) is 4.98 Å². The van der Waals surface area contributed by atoms with Crippen LogP contribution in [0, 0.1) is 0 Å². The summed E-state index contributed by atoms with van der Waals surface area (Å²) in [5.74, 6) is -0.457. The minimum absolute atomic E-state index is 0.276. The van der Waals surface area contributed by atoms with Crippen molar-refractivity contribution in [3.8, 4) is 0 Å². The van der Waals surface area contributed by atoms with E-state index in [4.69, 9.17) is 11.6 Å². The summed E-state index contributed by atoms with van der Waals surface area (Å²) in [5.41, 5.74) is 1.00. The van der Waals surface area contributed by atoms with Gasteiger partial charge < -0.3 is 10.1 Å². The standard InChI is InChI=1S/C11H8BrClN2O2S/c1-17-10(16)9-5-18-11(15-9)14-8-3-2-6(12)4-7(8)13/h2-5H,1H3,(H,14,15). The lowest BCUT2D eigenvalue weighted by molar-refractivity contribution is 0.0595. The molecule has 18 heavy (non-hydrogen) atoms. The summed E-state index contributed by atoms with van der Waals surface area (Å²) in [6, 6.07) is 5.47. The molecule has 0 aliphatic rings. The van der Waals surface area contributed by atoms with Crippen molar-refractivity contribution in [2.45, 2.75) is 0 Å². The second-order valence-electron chi connectivity index (χ2n) is 3.28. The zero-order valence-electron chi connectivity index (χ0n) is 9.24. The fraction of sp³-hybridized carbons (Fsp3) is 0.0909. The normalized spacial score (nSPS) is 10.2. The van der Waals surface area contributed by atoms with Crippen LogP contribution < -0.4 is 5.32 Å². The second kappa shape index (κ2) is 5.69. The Labute approximate surface area is 121 Å². The number of anilines is 2. The molecular formula is C11H8BrClN2O2S. The molecule has 1 heterocycles. The fourth-order valence-electron chi connectivity index (χ4n) is 1.24. The smallest absolute Gasteiger partial charge is 0.357 e. The maximum Gasteiger partial charge on any atom is 0.357 e.